The lowest BCUT2D eigenvalue weighted by Gasteiger charge is -2.38. The zero-order chi connectivity index (χ0) is 19.5. The molecular weight excluding hydrogens is 348 g/mol. The van der Waals surface area contributed by atoms with E-state index >= 15 is 0 Å². The maximum absolute atomic E-state index is 12.9. The van der Waals surface area contributed by atoms with E-state index in [4.69, 9.17) is 4.74 Å². The Labute approximate surface area is 168 Å². The molecule has 0 atom stereocenters. The van der Waals surface area contributed by atoms with Crippen molar-refractivity contribution in [2.24, 2.45) is 5.92 Å². The number of hydrogen-bond acceptors (Lipinski definition) is 3. The van der Waals surface area contributed by atoms with Gasteiger partial charge in [0.2, 0.25) is 0 Å². The van der Waals surface area contributed by atoms with E-state index < -0.39 is 0 Å². The van der Waals surface area contributed by atoms with Crippen LogP contribution in [0.25, 0.3) is 11.1 Å². The topological polar surface area (TPSA) is 32.8 Å². The summed E-state index contributed by atoms with van der Waals surface area (Å²) in [6, 6.07) is 14.2. The molecule has 0 unspecified atom stereocenters. The Morgan fingerprint density at radius 3 is 2.25 bits per heavy atom. The van der Waals surface area contributed by atoms with Crippen LogP contribution in [-0.2, 0) is 0 Å². The van der Waals surface area contributed by atoms with E-state index in [0.717, 1.165) is 60.1 Å². The number of benzene rings is 2. The molecule has 2 aromatic rings. The fourth-order valence-electron chi connectivity index (χ4n) is 4.22. The third-order valence-corrected chi connectivity index (χ3v) is 6.26. The van der Waals surface area contributed by atoms with Crippen LogP contribution in [0.1, 0.15) is 35.2 Å². The molecule has 148 valence electrons. The summed E-state index contributed by atoms with van der Waals surface area (Å²) in [6.45, 7) is 6.95. The number of aryl methyl sites for hydroxylation is 1. The smallest absolute Gasteiger partial charge is 0.253 e. The Kier molecular flexibility index (Phi) is 5.67. The maximum atomic E-state index is 12.9. The predicted molar refractivity (Wildman–Crippen MR) is 113 cm³/mol. The van der Waals surface area contributed by atoms with Gasteiger partial charge in [-0.3, -0.25) is 9.69 Å². The summed E-state index contributed by atoms with van der Waals surface area (Å²) in [4.78, 5) is 17.4. The molecule has 0 aromatic heterocycles. The highest BCUT2D eigenvalue weighted by atomic mass is 16.5. The molecule has 2 aliphatic rings. The first kappa shape index (κ1) is 19.0. The standard InChI is InChI=1S/C24H30N2O2/c1-18-16-22(10-11-23(18)28-2)20-6-8-21(9-7-20)24(27)26-14-12-25(13-15-26)17-19-4-3-5-19/h6-11,16,19H,3-5,12-15,17H2,1-2H3. The van der Waals surface area contributed by atoms with E-state index in [1.54, 1.807) is 7.11 Å². The Bertz CT molecular complexity index is 819. The van der Waals surface area contributed by atoms with Gasteiger partial charge in [0, 0.05) is 38.3 Å². The number of piperazine rings is 1. The minimum atomic E-state index is 0.153. The van der Waals surface area contributed by atoms with E-state index in [-0.39, 0.29) is 5.91 Å². The van der Waals surface area contributed by atoms with Gasteiger partial charge in [0.15, 0.2) is 0 Å². The third-order valence-electron chi connectivity index (χ3n) is 6.26. The van der Waals surface area contributed by atoms with Crippen LogP contribution in [-0.4, -0.2) is 55.5 Å². The molecule has 28 heavy (non-hydrogen) atoms. The van der Waals surface area contributed by atoms with Crippen molar-refractivity contribution in [1.82, 2.24) is 9.80 Å². The number of carbonyl (C=O) groups is 1. The van der Waals surface area contributed by atoms with E-state index in [0.29, 0.717) is 0 Å². The summed E-state index contributed by atoms with van der Waals surface area (Å²) in [5.74, 6) is 1.95. The van der Waals surface area contributed by atoms with E-state index in [9.17, 15) is 4.79 Å². The van der Waals surface area contributed by atoms with Crippen LogP contribution in [0.5, 0.6) is 5.75 Å². The summed E-state index contributed by atoms with van der Waals surface area (Å²) >= 11 is 0. The van der Waals surface area contributed by atoms with Crippen molar-refractivity contribution < 1.29 is 9.53 Å². The zero-order valence-corrected chi connectivity index (χ0v) is 17.0. The fourth-order valence-corrected chi connectivity index (χ4v) is 4.22. The molecule has 4 nitrogen and oxygen atoms in total. The van der Waals surface area contributed by atoms with E-state index in [2.05, 4.69) is 17.0 Å². The Morgan fingerprint density at radius 1 is 1.00 bits per heavy atom. The fraction of sp³-hybridized carbons (Fsp3) is 0.458. The molecule has 0 bridgehead atoms. The molecule has 4 heteroatoms. The van der Waals surface area contributed by atoms with Gasteiger partial charge < -0.3 is 9.64 Å². The normalized spacial score (nSPS) is 18.0. The lowest BCUT2D eigenvalue weighted by atomic mass is 9.85. The first-order valence-electron chi connectivity index (χ1n) is 10.4. The van der Waals surface area contributed by atoms with E-state index in [1.165, 1.54) is 25.8 Å². The third kappa shape index (κ3) is 4.07. The molecule has 1 heterocycles. The zero-order valence-electron chi connectivity index (χ0n) is 17.0. The van der Waals surface area contributed by atoms with Gasteiger partial charge in [0.25, 0.3) is 5.91 Å². The molecule has 0 spiro atoms. The summed E-state index contributed by atoms with van der Waals surface area (Å²) in [5, 5.41) is 0. The summed E-state index contributed by atoms with van der Waals surface area (Å²) in [7, 11) is 1.69. The SMILES string of the molecule is COc1ccc(-c2ccc(C(=O)N3CCN(CC4CCC4)CC3)cc2)cc1C. The Morgan fingerprint density at radius 2 is 1.68 bits per heavy atom. The first-order valence-corrected chi connectivity index (χ1v) is 10.4. The van der Waals surface area contributed by atoms with Gasteiger partial charge >= 0.3 is 0 Å². The second-order valence-electron chi connectivity index (χ2n) is 8.15. The predicted octanol–water partition coefficient (Wildman–Crippen LogP) is 4.23. The van der Waals surface area contributed by atoms with Crippen molar-refractivity contribution in [3.8, 4) is 16.9 Å². The van der Waals surface area contributed by atoms with Crippen LogP contribution in [0.15, 0.2) is 42.5 Å². The highest BCUT2D eigenvalue weighted by Crippen LogP contribution is 2.28. The average Bonchev–Trinajstić information content (AvgIpc) is 2.71. The minimum Gasteiger partial charge on any atom is -0.496 e. The van der Waals surface area contributed by atoms with Crippen molar-refractivity contribution in [3.05, 3.63) is 53.6 Å². The van der Waals surface area contributed by atoms with E-state index in [1.807, 2.05) is 42.2 Å². The molecule has 1 aliphatic heterocycles. The van der Waals surface area contributed by atoms with Gasteiger partial charge in [0.05, 0.1) is 7.11 Å². The highest BCUT2D eigenvalue weighted by molar-refractivity contribution is 5.94. The quantitative estimate of drug-likeness (QED) is 0.781. The maximum Gasteiger partial charge on any atom is 0.253 e. The van der Waals surface area contributed by atoms with Gasteiger partial charge in [-0.05, 0) is 66.6 Å². The summed E-state index contributed by atoms with van der Waals surface area (Å²) in [5.41, 5.74) is 4.15. The molecular formula is C24H30N2O2. The number of rotatable bonds is 5. The number of amides is 1. The van der Waals surface area contributed by atoms with Gasteiger partial charge in [-0.1, -0.05) is 24.6 Å². The second-order valence-corrected chi connectivity index (χ2v) is 8.15. The minimum absolute atomic E-state index is 0.153. The first-order chi connectivity index (χ1) is 13.6. The molecule has 4 rings (SSSR count). The largest absolute Gasteiger partial charge is 0.496 e. The van der Waals surface area contributed by atoms with Crippen LogP contribution in [0.4, 0.5) is 0 Å². The molecule has 2 aromatic carbocycles. The second kappa shape index (κ2) is 8.36. The van der Waals surface area contributed by atoms with Crippen LogP contribution in [0.3, 0.4) is 0 Å². The summed E-state index contributed by atoms with van der Waals surface area (Å²) < 4.78 is 5.34. The van der Waals surface area contributed by atoms with Crippen molar-refractivity contribution in [3.63, 3.8) is 0 Å². The molecule has 1 amide bonds. The van der Waals surface area contributed by atoms with Crippen molar-refractivity contribution in [2.75, 3.05) is 39.8 Å². The molecule has 1 saturated carbocycles. The van der Waals surface area contributed by atoms with Gasteiger partial charge in [-0.2, -0.15) is 0 Å². The van der Waals surface area contributed by atoms with Crippen LogP contribution >= 0.6 is 0 Å². The number of methoxy groups -OCH3 is 1. The van der Waals surface area contributed by atoms with Gasteiger partial charge in [-0.25, -0.2) is 0 Å². The van der Waals surface area contributed by atoms with Crippen LogP contribution in [0, 0.1) is 12.8 Å². The monoisotopic (exact) mass is 378 g/mol. The number of ether oxygens (including phenoxy) is 1. The van der Waals surface area contributed by atoms with Crippen molar-refractivity contribution >= 4 is 5.91 Å². The molecule has 0 N–H and O–H groups in total. The number of carbonyl (C=O) groups excluding carboxylic acids is 1. The van der Waals surface area contributed by atoms with Crippen molar-refractivity contribution in [2.45, 2.75) is 26.2 Å². The highest BCUT2D eigenvalue weighted by Gasteiger charge is 2.25. The molecule has 2 fully saturated rings. The Balaban J connectivity index is 1.37. The lowest BCUT2D eigenvalue weighted by molar-refractivity contribution is 0.0591. The van der Waals surface area contributed by atoms with Crippen LogP contribution < -0.4 is 4.74 Å². The number of hydrogen-bond donors (Lipinski definition) is 0. The van der Waals surface area contributed by atoms with Gasteiger partial charge in [-0.15, -0.1) is 0 Å². The van der Waals surface area contributed by atoms with Crippen molar-refractivity contribution in [1.29, 1.82) is 0 Å². The average molecular weight is 379 g/mol. The number of nitrogens with zero attached hydrogens (tertiary/aromatic N) is 2. The van der Waals surface area contributed by atoms with Gasteiger partial charge in [0.1, 0.15) is 5.75 Å². The molecule has 1 aliphatic carbocycles. The molecule has 1 saturated heterocycles. The molecule has 0 radical (unpaired) electrons. The summed E-state index contributed by atoms with van der Waals surface area (Å²) in [6.07, 6.45) is 4.17. The lowest BCUT2D eigenvalue weighted by Crippen LogP contribution is -2.50. The Hall–Kier alpha value is -2.33. The van der Waals surface area contributed by atoms with Crippen LogP contribution in [0.2, 0.25) is 0 Å².